The molecule has 8 nitrogen and oxygen atoms in total. The largest absolute Gasteiger partial charge is 0.495 e. The summed E-state index contributed by atoms with van der Waals surface area (Å²) in [5.41, 5.74) is 2.65. The lowest BCUT2D eigenvalue weighted by atomic mass is 9.96. The van der Waals surface area contributed by atoms with Gasteiger partial charge >= 0.3 is 0 Å². The molecule has 0 unspecified atom stereocenters. The zero-order valence-corrected chi connectivity index (χ0v) is 24.2. The molecule has 0 aliphatic carbocycles. The predicted octanol–water partition coefficient (Wildman–Crippen LogP) is 5.94. The monoisotopic (exact) mass is 586 g/mol. The number of benzene rings is 2. The third kappa shape index (κ3) is 6.73. The Balaban J connectivity index is 1.55. The van der Waals surface area contributed by atoms with E-state index < -0.39 is 11.4 Å². The molecule has 1 aromatic heterocycles. The van der Waals surface area contributed by atoms with E-state index in [-0.39, 0.29) is 0 Å². The van der Waals surface area contributed by atoms with Crippen molar-refractivity contribution < 1.29 is 14.2 Å². The highest BCUT2D eigenvalue weighted by molar-refractivity contribution is 9.10. The van der Waals surface area contributed by atoms with E-state index in [1.54, 1.807) is 33.2 Å². The minimum atomic E-state index is -1.17. The lowest BCUT2D eigenvalue weighted by Crippen LogP contribution is -2.31. The third-order valence-corrected chi connectivity index (χ3v) is 7.35. The Bertz CT molecular complexity index is 1280. The Labute approximate surface area is 232 Å². The van der Waals surface area contributed by atoms with Gasteiger partial charge < -0.3 is 30.3 Å². The van der Waals surface area contributed by atoms with Gasteiger partial charge in [-0.05, 0) is 86.4 Å². The van der Waals surface area contributed by atoms with Gasteiger partial charge in [-0.15, -0.1) is 0 Å². The summed E-state index contributed by atoms with van der Waals surface area (Å²) in [6, 6.07) is 8.28. The number of hydrogen-bond acceptors (Lipinski definition) is 8. The SMILES string of the molecule is COc1cc(Nc2ncc(Br)c(Nc3cc(F)ccc3C(C)(C)O)n2)c(C)cc1N(C)CCN1CCCC1. The van der Waals surface area contributed by atoms with Crippen molar-refractivity contribution in [3.8, 4) is 5.75 Å². The topological polar surface area (TPSA) is 85.8 Å². The van der Waals surface area contributed by atoms with Crippen LogP contribution in [-0.2, 0) is 5.60 Å². The summed E-state index contributed by atoms with van der Waals surface area (Å²) in [5, 5.41) is 17.0. The second-order valence-electron chi connectivity index (χ2n) is 10.2. The summed E-state index contributed by atoms with van der Waals surface area (Å²) in [6.45, 7) is 9.63. The standard InChI is InChI=1S/C28H36BrFN6O2/c1-18-14-24(35(4)12-13-36-10-6-7-11-36)25(38-5)16-22(18)33-27-31-17-21(29)26(34-27)32-23-15-19(30)8-9-20(23)28(2,3)37/h8-9,14-17,37H,6-7,10-13H2,1-5H3,(H2,31,32,33,34). The fraction of sp³-hybridized carbons (Fsp3) is 0.429. The molecule has 0 saturated carbocycles. The summed E-state index contributed by atoms with van der Waals surface area (Å²) in [4.78, 5) is 13.7. The number of anilines is 5. The van der Waals surface area contributed by atoms with Crippen molar-refractivity contribution in [2.24, 2.45) is 0 Å². The fourth-order valence-electron chi connectivity index (χ4n) is 4.60. The molecule has 2 heterocycles. The smallest absolute Gasteiger partial charge is 0.229 e. The quantitative estimate of drug-likeness (QED) is 0.269. The van der Waals surface area contributed by atoms with Crippen LogP contribution in [0.3, 0.4) is 0 Å². The molecule has 1 aliphatic heterocycles. The van der Waals surface area contributed by atoms with Gasteiger partial charge in [0.25, 0.3) is 0 Å². The van der Waals surface area contributed by atoms with Crippen LogP contribution in [0.2, 0.25) is 0 Å². The number of rotatable bonds is 10. The molecular formula is C28H36BrFN6O2. The number of nitrogens with one attached hydrogen (secondary N) is 2. The van der Waals surface area contributed by atoms with E-state index in [2.05, 4.69) is 59.4 Å². The number of aliphatic hydroxyl groups is 1. The van der Waals surface area contributed by atoms with Gasteiger partial charge in [-0.25, -0.2) is 9.37 Å². The van der Waals surface area contributed by atoms with Crippen molar-refractivity contribution in [3.05, 3.63) is 57.9 Å². The number of ether oxygens (including phenoxy) is 1. The van der Waals surface area contributed by atoms with Gasteiger partial charge in [-0.1, -0.05) is 6.07 Å². The summed E-state index contributed by atoms with van der Waals surface area (Å²) in [7, 11) is 3.76. The average molecular weight is 588 g/mol. The Morgan fingerprint density at radius 2 is 1.89 bits per heavy atom. The van der Waals surface area contributed by atoms with E-state index in [4.69, 9.17) is 4.74 Å². The molecule has 0 bridgehead atoms. The van der Waals surface area contributed by atoms with Crippen LogP contribution in [0.5, 0.6) is 5.75 Å². The summed E-state index contributed by atoms with van der Waals surface area (Å²) >= 11 is 3.47. The first-order chi connectivity index (χ1) is 18.0. The van der Waals surface area contributed by atoms with E-state index in [1.165, 1.54) is 38.1 Å². The molecule has 3 aromatic rings. The Morgan fingerprint density at radius 1 is 1.16 bits per heavy atom. The molecule has 3 N–H and O–H groups in total. The Morgan fingerprint density at radius 3 is 2.58 bits per heavy atom. The van der Waals surface area contributed by atoms with Crippen LogP contribution in [0.15, 0.2) is 41.0 Å². The highest BCUT2D eigenvalue weighted by Gasteiger charge is 2.22. The van der Waals surface area contributed by atoms with Crippen molar-refractivity contribution >= 4 is 44.8 Å². The summed E-state index contributed by atoms with van der Waals surface area (Å²) in [6.07, 6.45) is 4.18. The number of likely N-dealkylation sites (tertiary alicyclic amines) is 1. The first-order valence-electron chi connectivity index (χ1n) is 12.8. The predicted molar refractivity (Wildman–Crippen MR) is 155 cm³/mol. The first kappa shape index (κ1) is 28.1. The molecule has 204 valence electrons. The first-order valence-corrected chi connectivity index (χ1v) is 13.6. The molecule has 10 heteroatoms. The van der Waals surface area contributed by atoms with E-state index >= 15 is 0 Å². The number of methoxy groups -OCH3 is 1. The van der Waals surface area contributed by atoms with Crippen LogP contribution in [-0.4, -0.2) is 60.3 Å². The number of nitrogens with zero attached hydrogens (tertiary/aromatic N) is 4. The third-order valence-electron chi connectivity index (χ3n) is 6.77. The average Bonchev–Trinajstić information content (AvgIpc) is 3.38. The van der Waals surface area contributed by atoms with Gasteiger partial charge in [0.1, 0.15) is 17.4 Å². The molecule has 38 heavy (non-hydrogen) atoms. The Hall–Kier alpha value is -2.95. The van der Waals surface area contributed by atoms with Gasteiger partial charge in [0.05, 0.1) is 22.9 Å². The van der Waals surface area contributed by atoms with E-state index in [9.17, 15) is 9.50 Å². The minimum absolute atomic E-state index is 0.359. The summed E-state index contributed by atoms with van der Waals surface area (Å²) < 4.78 is 20.4. The molecule has 1 saturated heterocycles. The van der Waals surface area contributed by atoms with Crippen molar-refractivity contribution in [2.75, 3.05) is 55.9 Å². The maximum absolute atomic E-state index is 14.0. The molecule has 2 aromatic carbocycles. The van der Waals surface area contributed by atoms with Crippen LogP contribution in [0.4, 0.5) is 33.2 Å². The van der Waals surface area contributed by atoms with E-state index in [0.717, 1.165) is 35.8 Å². The zero-order chi connectivity index (χ0) is 27.4. The highest BCUT2D eigenvalue weighted by Crippen LogP contribution is 2.36. The van der Waals surface area contributed by atoms with Crippen LogP contribution in [0, 0.1) is 12.7 Å². The van der Waals surface area contributed by atoms with Crippen molar-refractivity contribution in [2.45, 2.75) is 39.2 Å². The Kier molecular flexibility index (Phi) is 8.74. The second-order valence-corrected chi connectivity index (χ2v) is 11.1. The lowest BCUT2D eigenvalue weighted by molar-refractivity contribution is 0.0793. The normalized spacial score (nSPS) is 14.0. The van der Waals surface area contributed by atoms with E-state index in [0.29, 0.717) is 27.5 Å². The van der Waals surface area contributed by atoms with Crippen LogP contribution < -0.4 is 20.3 Å². The van der Waals surface area contributed by atoms with Crippen LogP contribution in [0.1, 0.15) is 37.8 Å². The van der Waals surface area contributed by atoms with Gasteiger partial charge in [0.15, 0.2) is 0 Å². The molecule has 0 radical (unpaired) electrons. The van der Waals surface area contributed by atoms with Gasteiger partial charge in [-0.2, -0.15) is 4.98 Å². The van der Waals surface area contributed by atoms with Crippen LogP contribution in [0.25, 0.3) is 0 Å². The summed E-state index contributed by atoms with van der Waals surface area (Å²) in [5.74, 6) is 1.13. The number of halogens is 2. The molecule has 4 rings (SSSR count). The zero-order valence-electron chi connectivity index (χ0n) is 22.6. The minimum Gasteiger partial charge on any atom is -0.495 e. The number of hydrogen-bond donors (Lipinski definition) is 3. The number of aryl methyl sites for hydroxylation is 1. The number of likely N-dealkylation sites (N-methyl/N-ethyl adjacent to an activating group) is 1. The van der Waals surface area contributed by atoms with Gasteiger partial charge in [0.2, 0.25) is 5.95 Å². The highest BCUT2D eigenvalue weighted by atomic mass is 79.9. The molecule has 1 aliphatic rings. The molecule has 0 atom stereocenters. The van der Waals surface area contributed by atoms with Crippen molar-refractivity contribution in [1.82, 2.24) is 14.9 Å². The van der Waals surface area contributed by atoms with Crippen molar-refractivity contribution in [3.63, 3.8) is 0 Å². The second kappa shape index (κ2) is 11.8. The van der Waals surface area contributed by atoms with Gasteiger partial charge in [-0.3, -0.25) is 0 Å². The molecule has 1 fully saturated rings. The molecule has 0 spiro atoms. The maximum atomic E-state index is 14.0. The number of aromatic nitrogens is 2. The molecule has 0 amide bonds. The molecular weight excluding hydrogens is 551 g/mol. The fourth-order valence-corrected chi connectivity index (χ4v) is 4.89. The van der Waals surface area contributed by atoms with Crippen molar-refractivity contribution in [1.29, 1.82) is 0 Å². The van der Waals surface area contributed by atoms with Gasteiger partial charge in [0, 0.05) is 49.3 Å². The lowest BCUT2D eigenvalue weighted by Gasteiger charge is -2.26. The van der Waals surface area contributed by atoms with Crippen LogP contribution >= 0.6 is 15.9 Å². The maximum Gasteiger partial charge on any atom is 0.229 e. The van der Waals surface area contributed by atoms with E-state index in [1.807, 2.05) is 13.0 Å².